The predicted molar refractivity (Wildman–Crippen MR) is 80.1 cm³/mol. The summed E-state index contributed by atoms with van der Waals surface area (Å²) in [5.74, 6) is -0.652. The van der Waals surface area contributed by atoms with Crippen LogP contribution in [0.5, 0.6) is 0 Å². The van der Waals surface area contributed by atoms with Crippen molar-refractivity contribution in [2.75, 3.05) is 6.61 Å². The normalized spacial score (nSPS) is 36.9. The smallest absolute Gasteiger partial charge is 0.337 e. The lowest BCUT2D eigenvalue weighted by Gasteiger charge is -2.40. The summed E-state index contributed by atoms with van der Waals surface area (Å²) >= 11 is 0. The molecule has 0 radical (unpaired) electrons. The van der Waals surface area contributed by atoms with Crippen LogP contribution in [0.3, 0.4) is 0 Å². The highest BCUT2D eigenvalue weighted by Gasteiger charge is 2.46. The van der Waals surface area contributed by atoms with E-state index >= 15 is 0 Å². The molecule has 7 nitrogen and oxygen atoms in total. The molecule has 1 heterocycles. The summed E-state index contributed by atoms with van der Waals surface area (Å²) in [4.78, 5) is 12.5. The number of hydrogen-bond acceptors (Lipinski definition) is 7. The lowest BCUT2D eigenvalue weighted by atomic mass is 9.76. The SMILES string of the molecule is CC1=C(C(=O)O[C@@H]2O[C@H](CO)[C@@H](O)[C@H](O)[C@H]2O)C(C)(C)CC=C1. The topological polar surface area (TPSA) is 116 Å². The van der Waals surface area contributed by atoms with Gasteiger partial charge in [-0.2, -0.15) is 0 Å². The molecule has 2 rings (SSSR count). The van der Waals surface area contributed by atoms with Gasteiger partial charge in [0.05, 0.1) is 6.61 Å². The molecule has 23 heavy (non-hydrogen) atoms. The monoisotopic (exact) mass is 328 g/mol. The van der Waals surface area contributed by atoms with Gasteiger partial charge in [0.25, 0.3) is 0 Å². The first-order valence-corrected chi connectivity index (χ1v) is 7.58. The molecule has 0 bridgehead atoms. The number of aliphatic hydroxyl groups excluding tert-OH is 4. The van der Waals surface area contributed by atoms with Crippen molar-refractivity contribution in [1.82, 2.24) is 0 Å². The molecule has 1 aliphatic carbocycles. The summed E-state index contributed by atoms with van der Waals surface area (Å²) in [7, 11) is 0. The quantitative estimate of drug-likeness (QED) is 0.522. The van der Waals surface area contributed by atoms with Crippen molar-refractivity contribution < 1.29 is 34.7 Å². The number of allylic oxidation sites excluding steroid dienone is 3. The van der Waals surface area contributed by atoms with E-state index < -0.39 is 48.7 Å². The zero-order valence-electron chi connectivity index (χ0n) is 13.5. The molecule has 130 valence electrons. The molecular formula is C16H24O7. The Morgan fingerprint density at radius 1 is 1.30 bits per heavy atom. The average Bonchev–Trinajstić information content (AvgIpc) is 2.46. The highest BCUT2D eigenvalue weighted by molar-refractivity contribution is 5.91. The van der Waals surface area contributed by atoms with Crippen molar-refractivity contribution >= 4 is 5.97 Å². The van der Waals surface area contributed by atoms with Crippen molar-refractivity contribution in [2.45, 2.75) is 57.9 Å². The van der Waals surface area contributed by atoms with Gasteiger partial charge < -0.3 is 29.9 Å². The maximum Gasteiger partial charge on any atom is 0.337 e. The number of esters is 1. The Morgan fingerprint density at radius 2 is 1.96 bits per heavy atom. The Labute approximate surface area is 134 Å². The van der Waals surface area contributed by atoms with Crippen molar-refractivity contribution in [3.8, 4) is 0 Å². The fraction of sp³-hybridized carbons (Fsp3) is 0.688. The lowest BCUT2D eigenvalue weighted by molar-refractivity contribution is -0.291. The molecule has 0 aromatic rings. The fourth-order valence-corrected chi connectivity index (χ4v) is 3.02. The first-order chi connectivity index (χ1) is 10.7. The van der Waals surface area contributed by atoms with Crippen LogP contribution in [0.2, 0.25) is 0 Å². The summed E-state index contributed by atoms with van der Waals surface area (Å²) in [5, 5.41) is 38.6. The number of aliphatic hydroxyl groups is 4. The third-order valence-electron chi connectivity index (χ3n) is 4.34. The van der Waals surface area contributed by atoms with Gasteiger partial charge in [-0.05, 0) is 18.9 Å². The van der Waals surface area contributed by atoms with E-state index in [1.807, 2.05) is 26.0 Å². The van der Waals surface area contributed by atoms with Crippen LogP contribution in [0.1, 0.15) is 27.2 Å². The molecule has 1 aliphatic heterocycles. The molecule has 1 saturated heterocycles. The van der Waals surface area contributed by atoms with Crippen molar-refractivity contribution in [2.24, 2.45) is 5.41 Å². The summed E-state index contributed by atoms with van der Waals surface area (Å²) in [5.41, 5.74) is 0.803. The second-order valence-corrected chi connectivity index (χ2v) is 6.65. The van der Waals surface area contributed by atoms with E-state index in [0.29, 0.717) is 12.0 Å². The Kier molecular flexibility index (Phi) is 5.27. The second kappa shape index (κ2) is 6.70. The number of carbonyl (C=O) groups excluding carboxylic acids is 1. The van der Waals surface area contributed by atoms with Gasteiger partial charge in [-0.3, -0.25) is 0 Å². The van der Waals surface area contributed by atoms with Gasteiger partial charge in [-0.25, -0.2) is 4.79 Å². The van der Waals surface area contributed by atoms with Gasteiger partial charge in [0.15, 0.2) is 0 Å². The van der Waals surface area contributed by atoms with Crippen LogP contribution in [0, 0.1) is 5.41 Å². The Hall–Kier alpha value is -1.25. The molecule has 0 aromatic heterocycles. The van der Waals surface area contributed by atoms with Crippen LogP contribution in [0.4, 0.5) is 0 Å². The van der Waals surface area contributed by atoms with Crippen LogP contribution in [0.15, 0.2) is 23.3 Å². The molecule has 7 heteroatoms. The summed E-state index contributed by atoms with van der Waals surface area (Å²) in [6.07, 6.45) is -2.76. The van der Waals surface area contributed by atoms with Crippen LogP contribution in [-0.4, -0.2) is 63.7 Å². The summed E-state index contributed by atoms with van der Waals surface area (Å²) in [6, 6.07) is 0. The molecule has 0 aromatic carbocycles. The molecule has 2 aliphatic rings. The minimum absolute atomic E-state index is 0.427. The standard InChI is InChI=1S/C16H24O7/c1-8-5-4-6-16(2,3)10(8)14(21)23-15-13(20)12(19)11(18)9(7-17)22-15/h4-5,9,11-13,15,17-20H,6-7H2,1-3H3/t9-,11-,12+,13-,15+/m1/s1. The van der Waals surface area contributed by atoms with Crippen LogP contribution < -0.4 is 0 Å². The van der Waals surface area contributed by atoms with E-state index in [1.54, 1.807) is 6.92 Å². The highest BCUT2D eigenvalue weighted by atomic mass is 16.7. The average molecular weight is 328 g/mol. The lowest BCUT2D eigenvalue weighted by Crippen LogP contribution is -2.59. The van der Waals surface area contributed by atoms with E-state index in [2.05, 4.69) is 0 Å². The summed E-state index contributed by atoms with van der Waals surface area (Å²) < 4.78 is 10.4. The Morgan fingerprint density at radius 3 is 2.52 bits per heavy atom. The van der Waals surface area contributed by atoms with Crippen LogP contribution >= 0.6 is 0 Å². The molecule has 1 fully saturated rings. The molecule has 0 unspecified atom stereocenters. The molecule has 5 atom stereocenters. The van der Waals surface area contributed by atoms with Crippen molar-refractivity contribution in [3.63, 3.8) is 0 Å². The van der Waals surface area contributed by atoms with Crippen LogP contribution in [-0.2, 0) is 14.3 Å². The molecule has 0 spiro atoms. The molecule has 0 saturated carbocycles. The zero-order chi connectivity index (χ0) is 17.4. The van der Waals surface area contributed by atoms with Crippen molar-refractivity contribution in [1.29, 1.82) is 0 Å². The van der Waals surface area contributed by atoms with Gasteiger partial charge in [0.1, 0.15) is 24.4 Å². The Bertz CT molecular complexity index is 521. The molecular weight excluding hydrogens is 304 g/mol. The first kappa shape index (κ1) is 18.1. The number of hydrogen-bond donors (Lipinski definition) is 4. The van der Waals surface area contributed by atoms with Gasteiger partial charge in [-0.15, -0.1) is 0 Å². The highest BCUT2D eigenvalue weighted by Crippen LogP contribution is 2.38. The van der Waals surface area contributed by atoms with Crippen LogP contribution in [0.25, 0.3) is 0 Å². The Balaban J connectivity index is 2.17. The van der Waals surface area contributed by atoms with E-state index in [-0.39, 0.29) is 0 Å². The predicted octanol–water partition coefficient (Wildman–Crippen LogP) is -0.368. The zero-order valence-corrected chi connectivity index (χ0v) is 13.5. The second-order valence-electron chi connectivity index (χ2n) is 6.65. The van der Waals surface area contributed by atoms with Gasteiger partial charge in [0.2, 0.25) is 6.29 Å². The van der Waals surface area contributed by atoms with Gasteiger partial charge >= 0.3 is 5.97 Å². The van der Waals surface area contributed by atoms with E-state index in [0.717, 1.165) is 5.57 Å². The van der Waals surface area contributed by atoms with Gasteiger partial charge in [0, 0.05) is 11.0 Å². The third kappa shape index (κ3) is 3.49. The molecule has 0 amide bonds. The van der Waals surface area contributed by atoms with E-state index in [1.165, 1.54) is 0 Å². The maximum absolute atomic E-state index is 12.5. The number of ether oxygens (including phenoxy) is 2. The molecule has 4 N–H and O–H groups in total. The minimum Gasteiger partial charge on any atom is -0.429 e. The number of carbonyl (C=O) groups is 1. The number of rotatable bonds is 3. The van der Waals surface area contributed by atoms with Crippen molar-refractivity contribution in [3.05, 3.63) is 23.3 Å². The largest absolute Gasteiger partial charge is 0.429 e. The van der Waals surface area contributed by atoms with E-state index in [4.69, 9.17) is 14.6 Å². The fourth-order valence-electron chi connectivity index (χ4n) is 3.02. The first-order valence-electron chi connectivity index (χ1n) is 7.58. The summed E-state index contributed by atoms with van der Waals surface area (Å²) in [6.45, 7) is 5.03. The van der Waals surface area contributed by atoms with E-state index in [9.17, 15) is 20.1 Å². The third-order valence-corrected chi connectivity index (χ3v) is 4.34. The van der Waals surface area contributed by atoms with Gasteiger partial charge in [-0.1, -0.05) is 26.0 Å². The minimum atomic E-state index is -1.60. The maximum atomic E-state index is 12.5.